The summed E-state index contributed by atoms with van der Waals surface area (Å²) in [5.41, 5.74) is 7.20. The Morgan fingerprint density at radius 3 is 2.43 bits per heavy atom. The molecular weight excluding hydrogens is 281 g/mol. The normalized spacial score (nSPS) is 10.7. The van der Waals surface area contributed by atoms with Crippen molar-refractivity contribution in [2.75, 3.05) is 17.2 Å². The van der Waals surface area contributed by atoms with Crippen LogP contribution in [-0.4, -0.2) is 13.2 Å². The van der Waals surface area contributed by atoms with Crippen LogP contribution in [0.5, 0.6) is 5.75 Å². The predicted octanol–water partition coefficient (Wildman–Crippen LogP) is 4.17. The number of anilines is 3. The van der Waals surface area contributed by atoms with E-state index in [1.165, 1.54) is 6.07 Å². The monoisotopic (exact) mass is 296 g/mol. The van der Waals surface area contributed by atoms with Crippen molar-refractivity contribution >= 4 is 17.1 Å². The van der Waals surface area contributed by atoms with Crippen LogP contribution in [0.2, 0.25) is 0 Å². The van der Waals surface area contributed by atoms with Crippen molar-refractivity contribution in [1.29, 1.82) is 0 Å². The van der Waals surface area contributed by atoms with E-state index >= 15 is 0 Å². The number of halogens is 3. The maximum absolute atomic E-state index is 13.6. The lowest BCUT2D eigenvalue weighted by Gasteiger charge is -2.25. The van der Waals surface area contributed by atoms with Gasteiger partial charge in [0.25, 0.3) is 0 Å². The van der Waals surface area contributed by atoms with Gasteiger partial charge in [0.1, 0.15) is 0 Å². The Bertz CT molecular complexity index is 605. The SMILES string of the molecule is CCN(c1ccccc1)c1cc(OC(F)F)c(F)cc1N. The number of nitrogens with two attached hydrogens (primary N) is 1. The first-order valence-corrected chi connectivity index (χ1v) is 6.39. The lowest BCUT2D eigenvalue weighted by Crippen LogP contribution is -2.18. The average molecular weight is 296 g/mol. The summed E-state index contributed by atoms with van der Waals surface area (Å²) >= 11 is 0. The number of hydrogen-bond acceptors (Lipinski definition) is 3. The first kappa shape index (κ1) is 15.0. The summed E-state index contributed by atoms with van der Waals surface area (Å²) in [4.78, 5) is 1.78. The molecule has 0 bridgehead atoms. The van der Waals surface area contributed by atoms with Gasteiger partial charge < -0.3 is 15.4 Å². The van der Waals surface area contributed by atoms with E-state index in [-0.39, 0.29) is 5.69 Å². The minimum absolute atomic E-state index is 0.153. The van der Waals surface area contributed by atoms with Gasteiger partial charge in [-0.3, -0.25) is 0 Å². The van der Waals surface area contributed by atoms with Crippen LogP contribution >= 0.6 is 0 Å². The van der Waals surface area contributed by atoms with Gasteiger partial charge in [-0.25, -0.2) is 4.39 Å². The molecule has 2 aromatic rings. The molecule has 0 heterocycles. The first-order chi connectivity index (χ1) is 10.0. The van der Waals surface area contributed by atoms with Crippen molar-refractivity contribution in [2.45, 2.75) is 13.5 Å². The van der Waals surface area contributed by atoms with Crippen LogP contribution in [-0.2, 0) is 0 Å². The summed E-state index contributed by atoms with van der Waals surface area (Å²) < 4.78 is 42.4. The highest BCUT2D eigenvalue weighted by atomic mass is 19.3. The zero-order valence-corrected chi connectivity index (χ0v) is 11.4. The Hall–Kier alpha value is -2.37. The second-order valence-corrected chi connectivity index (χ2v) is 4.30. The Morgan fingerprint density at radius 1 is 1.19 bits per heavy atom. The molecule has 0 saturated carbocycles. The van der Waals surface area contributed by atoms with Gasteiger partial charge in [0, 0.05) is 24.4 Å². The Labute approximate surface area is 120 Å². The molecule has 0 atom stereocenters. The van der Waals surface area contributed by atoms with Crippen molar-refractivity contribution in [3.63, 3.8) is 0 Å². The van der Waals surface area contributed by atoms with E-state index < -0.39 is 18.2 Å². The number of benzene rings is 2. The molecule has 0 fully saturated rings. The number of ether oxygens (including phenoxy) is 1. The van der Waals surface area contributed by atoms with Gasteiger partial charge in [-0.05, 0) is 19.1 Å². The molecule has 0 saturated heterocycles. The molecule has 0 radical (unpaired) electrons. The Balaban J connectivity index is 2.46. The minimum atomic E-state index is -3.09. The summed E-state index contributed by atoms with van der Waals surface area (Å²) in [6.45, 7) is -0.681. The van der Waals surface area contributed by atoms with Gasteiger partial charge in [-0.1, -0.05) is 18.2 Å². The Kier molecular flexibility index (Phi) is 4.57. The number of para-hydroxylation sites is 1. The van der Waals surface area contributed by atoms with Crippen molar-refractivity contribution in [3.8, 4) is 5.75 Å². The summed E-state index contributed by atoms with van der Waals surface area (Å²) in [6, 6.07) is 11.4. The highest BCUT2D eigenvalue weighted by Gasteiger charge is 2.17. The third-order valence-corrected chi connectivity index (χ3v) is 2.97. The molecule has 3 nitrogen and oxygen atoms in total. The summed E-state index contributed by atoms with van der Waals surface area (Å²) in [5.74, 6) is -1.44. The van der Waals surface area contributed by atoms with E-state index in [2.05, 4.69) is 4.74 Å². The number of nitrogens with zero attached hydrogens (tertiary/aromatic N) is 1. The number of nitrogen functional groups attached to an aromatic ring is 1. The van der Waals surface area contributed by atoms with Crippen LogP contribution in [0.25, 0.3) is 0 Å². The number of hydrogen-bond donors (Lipinski definition) is 1. The standard InChI is InChI=1S/C15H15F3N2O/c1-2-20(10-6-4-3-5-7-10)13-9-14(21-15(17)18)11(16)8-12(13)19/h3-9,15H,2,19H2,1H3. The lowest BCUT2D eigenvalue weighted by molar-refractivity contribution is -0.0521. The molecule has 2 rings (SSSR count). The van der Waals surface area contributed by atoms with Crippen LogP contribution in [0, 0.1) is 5.82 Å². The molecular formula is C15H15F3N2O. The molecule has 0 aliphatic rings. The molecule has 21 heavy (non-hydrogen) atoms. The fraction of sp³-hybridized carbons (Fsp3) is 0.200. The summed E-state index contributed by atoms with van der Waals surface area (Å²) in [5, 5.41) is 0. The molecule has 0 amide bonds. The largest absolute Gasteiger partial charge is 0.432 e. The maximum atomic E-state index is 13.6. The number of alkyl halides is 2. The fourth-order valence-corrected chi connectivity index (χ4v) is 2.08. The third-order valence-electron chi connectivity index (χ3n) is 2.97. The predicted molar refractivity (Wildman–Crippen MR) is 76.6 cm³/mol. The zero-order chi connectivity index (χ0) is 15.4. The second kappa shape index (κ2) is 6.39. The van der Waals surface area contributed by atoms with Crippen molar-refractivity contribution < 1.29 is 17.9 Å². The fourth-order valence-electron chi connectivity index (χ4n) is 2.08. The highest BCUT2D eigenvalue weighted by molar-refractivity contribution is 5.76. The van der Waals surface area contributed by atoms with Crippen LogP contribution in [0.4, 0.5) is 30.2 Å². The van der Waals surface area contributed by atoms with E-state index in [1.807, 2.05) is 37.3 Å². The van der Waals surface area contributed by atoms with Gasteiger partial charge in [0.15, 0.2) is 11.6 Å². The van der Waals surface area contributed by atoms with Gasteiger partial charge in [-0.15, -0.1) is 0 Å². The minimum Gasteiger partial charge on any atom is -0.432 e. The topological polar surface area (TPSA) is 38.5 Å². The second-order valence-electron chi connectivity index (χ2n) is 4.30. The van der Waals surface area contributed by atoms with Crippen LogP contribution in [0.3, 0.4) is 0 Å². The quantitative estimate of drug-likeness (QED) is 0.842. The maximum Gasteiger partial charge on any atom is 0.387 e. The molecule has 0 aliphatic heterocycles. The van der Waals surface area contributed by atoms with Crippen LogP contribution in [0.1, 0.15) is 6.92 Å². The Morgan fingerprint density at radius 2 is 1.86 bits per heavy atom. The lowest BCUT2D eigenvalue weighted by atomic mass is 10.2. The summed E-state index contributed by atoms with van der Waals surface area (Å²) in [7, 11) is 0. The smallest absolute Gasteiger partial charge is 0.387 e. The molecule has 0 aliphatic carbocycles. The average Bonchev–Trinajstić information content (AvgIpc) is 2.45. The highest BCUT2D eigenvalue weighted by Crippen LogP contribution is 2.35. The van der Waals surface area contributed by atoms with E-state index in [4.69, 9.17) is 5.73 Å². The number of rotatable bonds is 5. The van der Waals surface area contributed by atoms with Crippen LogP contribution in [0.15, 0.2) is 42.5 Å². The molecule has 2 aromatic carbocycles. The summed E-state index contributed by atoms with van der Waals surface area (Å²) in [6.07, 6.45) is 0. The van der Waals surface area contributed by atoms with Gasteiger partial charge in [0.05, 0.1) is 11.4 Å². The zero-order valence-electron chi connectivity index (χ0n) is 11.4. The van der Waals surface area contributed by atoms with Crippen molar-refractivity contribution in [2.24, 2.45) is 0 Å². The van der Waals surface area contributed by atoms with Crippen molar-refractivity contribution in [1.82, 2.24) is 0 Å². The van der Waals surface area contributed by atoms with Gasteiger partial charge in [0.2, 0.25) is 0 Å². The van der Waals surface area contributed by atoms with E-state index in [0.29, 0.717) is 12.2 Å². The van der Waals surface area contributed by atoms with E-state index in [9.17, 15) is 13.2 Å². The molecule has 2 N–H and O–H groups in total. The third kappa shape index (κ3) is 3.39. The van der Waals surface area contributed by atoms with E-state index in [0.717, 1.165) is 11.8 Å². The van der Waals surface area contributed by atoms with Gasteiger partial charge in [-0.2, -0.15) is 8.78 Å². The molecule has 0 aromatic heterocycles. The molecule has 0 spiro atoms. The van der Waals surface area contributed by atoms with Crippen LogP contribution < -0.4 is 15.4 Å². The first-order valence-electron chi connectivity index (χ1n) is 6.39. The molecule has 6 heteroatoms. The molecule has 112 valence electrons. The van der Waals surface area contributed by atoms with E-state index in [1.54, 1.807) is 4.90 Å². The van der Waals surface area contributed by atoms with Crippen molar-refractivity contribution in [3.05, 3.63) is 48.3 Å². The van der Waals surface area contributed by atoms with Gasteiger partial charge >= 0.3 is 6.61 Å². The molecule has 0 unspecified atom stereocenters.